The first-order valence-electron chi connectivity index (χ1n) is 6.90. The zero-order valence-corrected chi connectivity index (χ0v) is 12.7. The minimum Gasteiger partial charge on any atom is -0.497 e. The number of anilines is 1. The van der Waals surface area contributed by atoms with Crippen LogP contribution in [0, 0.1) is 0 Å². The molecule has 0 fully saturated rings. The van der Waals surface area contributed by atoms with E-state index in [-0.39, 0.29) is 6.04 Å². The molecule has 1 aliphatic rings. The van der Waals surface area contributed by atoms with Gasteiger partial charge in [0.15, 0.2) is 0 Å². The van der Waals surface area contributed by atoms with Crippen LogP contribution in [0.2, 0.25) is 0 Å². The molecule has 0 spiro atoms. The molecule has 110 valence electrons. The first kappa shape index (κ1) is 13.1. The van der Waals surface area contributed by atoms with Crippen LogP contribution in [0.3, 0.4) is 0 Å². The molecule has 1 aliphatic heterocycles. The van der Waals surface area contributed by atoms with Crippen molar-refractivity contribution in [1.82, 2.24) is 14.8 Å². The van der Waals surface area contributed by atoms with Crippen LogP contribution in [0.4, 0.5) is 5.95 Å². The van der Waals surface area contributed by atoms with E-state index in [1.807, 2.05) is 28.9 Å². The van der Waals surface area contributed by atoms with Crippen molar-refractivity contribution < 1.29 is 4.74 Å². The molecule has 0 unspecified atom stereocenters. The molecule has 6 heteroatoms. The lowest BCUT2D eigenvalue weighted by molar-refractivity contribution is 0.415. The van der Waals surface area contributed by atoms with Crippen molar-refractivity contribution >= 4 is 23.0 Å². The Hall–Kier alpha value is -2.60. The summed E-state index contributed by atoms with van der Waals surface area (Å²) in [5.74, 6) is 1.60. The van der Waals surface area contributed by atoms with Crippen molar-refractivity contribution in [2.75, 3.05) is 12.4 Å². The summed E-state index contributed by atoms with van der Waals surface area (Å²) in [6, 6.07) is 10.2. The van der Waals surface area contributed by atoms with Crippen molar-refractivity contribution in [3.63, 3.8) is 0 Å². The van der Waals surface area contributed by atoms with Crippen molar-refractivity contribution in [2.45, 2.75) is 6.04 Å². The standard InChI is InChI=1S/C16H14N4OS/c1-21-13-4-2-11(3-5-13)14-8-15(12-6-7-22-9-12)20-16(19-14)17-10-18-20/h2-10,15H,1H3,(H,17,18,19)/t15-/m1/s1. The highest BCUT2D eigenvalue weighted by Crippen LogP contribution is 2.33. The molecule has 1 aromatic carbocycles. The highest BCUT2D eigenvalue weighted by molar-refractivity contribution is 7.08. The van der Waals surface area contributed by atoms with E-state index in [0.29, 0.717) is 0 Å². The molecule has 1 atom stereocenters. The van der Waals surface area contributed by atoms with Gasteiger partial charge in [-0.1, -0.05) is 0 Å². The summed E-state index contributed by atoms with van der Waals surface area (Å²) in [5.41, 5.74) is 3.33. The van der Waals surface area contributed by atoms with Crippen LogP contribution in [-0.4, -0.2) is 21.9 Å². The fourth-order valence-corrected chi connectivity index (χ4v) is 3.24. The maximum absolute atomic E-state index is 5.22. The van der Waals surface area contributed by atoms with E-state index in [2.05, 4.69) is 38.3 Å². The van der Waals surface area contributed by atoms with E-state index in [9.17, 15) is 0 Å². The summed E-state index contributed by atoms with van der Waals surface area (Å²) in [6.45, 7) is 0. The number of methoxy groups -OCH3 is 1. The van der Waals surface area contributed by atoms with Gasteiger partial charge in [-0.3, -0.25) is 0 Å². The fraction of sp³-hybridized carbons (Fsp3) is 0.125. The lowest BCUT2D eigenvalue weighted by Crippen LogP contribution is -2.19. The number of ether oxygens (including phenoxy) is 1. The van der Waals surface area contributed by atoms with Gasteiger partial charge in [0.1, 0.15) is 18.1 Å². The SMILES string of the molecule is COc1ccc(C2=C[C@H](c3ccsc3)n3ncnc3N2)cc1. The Morgan fingerprint density at radius 3 is 2.82 bits per heavy atom. The molecule has 0 bridgehead atoms. The smallest absolute Gasteiger partial charge is 0.226 e. The first-order valence-corrected chi connectivity index (χ1v) is 7.84. The molecule has 22 heavy (non-hydrogen) atoms. The molecule has 3 aromatic rings. The molecule has 3 heterocycles. The van der Waals surface area contributed by atoms with Crippen molar-refractivity contribution in [3.05, 3.63) is 64.6 Å². The van der Waals surface area contributed by atoms with Gasteiger partial charge in [-0.15, -0.1) is 0 Å². The lowest BCUT2D eigenvalue weighted by atomic mass is 10.0. The van der Waals surface area contributed by atoms with Crippen LogP contribution in [0.25, 0.3) is 5.70 Å². The zero-order chi connectivity index (χ0) is 14.9. The van der Waals surface area contributed by atoms with Gasteiger partial charge in [-0.05, 0) is 58.3 Å². The summed E-state index contributed by atoms with van der Waals surface area (Å²) >= 11 is 1.68. The first-order chi connectivity index (χ1) is 10.8. The minimum atomic E-state index is 0.0575. The Kier molecular flexibility index (Phi) is 3.16. The third-order valence-electron chi connectivity index (χ3n) is 3.69. The second-order valence-electron chi connectivity index (χ2n) is 4.96. The van der Waals surface area contributed by atoms with Crippen molar-refractivity contribution in [1.29, 1.82) is 0 Å². The number of rotatable bonds is 3. The van der Waals surface area contributed by atoms with Crippen LogP contribution < -0.4 is 10.1 Å². The third kappa shape index (κ3) is 2.17. The number of hydrogen-bond acceptors (Lipinski definition) is 5. The predicted molar refractivity (Wildman–Crippen MR) is 87.1 cm³/mol. The summed E-state index contributed by atoms with van der Waals surface area (Å²) in [7, 11) is 1.67. The monoisotopic (exact) mass is 310 g/mol. The molecule has 5 nitrogen and oxygen atoms in total. The Balaban J connectivity index is 1.76. The maximum Gasteiger partial charge on any atom is 0.226 e. The number of nitrogens with zero attached hydrogens (tertiary/aromatic N) is 3. The molecular weight excluding hydrogens is 296 g/mol. The summed E-state index contributed by atoms with van der Waals surface area (Å²) < 4.78 is 7.11. The second kappa shape index (κ2) is 5.31. The van der Waals surface area contributed by atoms with Crippen LogP contribution in [0.15, 0.2) is 53.5 Å². The average Bonchev–Trinajstić information content (AvgIpc) is 3.25. The molecule has 0 radical (unpaired) electrons. The highest BCUT2D eigenvalue weighted by atomic mass is 32.1. The van der Waals surface area contributed by atoms with Gasteiger partial charge in [-0.2, -0.15) is 21.4 Å². The number of benzene rings is 1. The number of aromatic nitrogens is 3. The quantitative estimate of drug-likeness (QED) is 0.805. The molecule has 2 aromatic heterocycles. The normalized spacial score (nSPS) is 16.6. The average molecular weight is 310 g/mol. The Morgan fingerprint density at radius 1 is 1.23 bits per heavy atom. The molecular formula is C16H14N4OS. The van der Waals surface area contributed by atoms with E-state index < -0.39 is 0 Å². The van der Waals surface area contributed by atoms with Crippen molar-refractivity contribution in [3.8, 4) is 5.75 Å². The molecule has 0 saturated heterocycles. The van der Waals surface area contributed by atoms with E-state index in [4.69, 9.17) is 4.74 Å². The summed E-state index contributed by atoms with van der Waals surface area (Å²) in [5, 5.41) is 11.9. The molecule has 0 amide bonds. The minimum absolute atomic E-state index is 0.0575. The summed E-state index contributed by atoms with van der Waals surface area (Å²) in [4.78, 5) is 4.30. The number of thiophene rings is 1. The van der Waals surface area contributed by atoms with E-state index >= 15 is 0 Å². The number of allylic oxidation sites excluding steroid dienone is 1. The summed E-state index contributed by atoms with van der Waals surface area (Å²) in [6.07, 6.45) is 3.75. The van der Waals surface area contributed by atoms with Crippen molar-refractivity contribution in [2.24, 2.45) is 0 Å². The van der Waals surface area contributed by atoms with E-state index in [1.54, 1.807) is 24.8 Å². The van der Waals surface area contributed by atoms with Crippen LogP contribution >= 0.6 is 11.3 Å². The lowest BCUT2D eigenvalue weighted by Gasteiger charge is -2.23. The zero-order valence-electron chi connectivity index (χ0n) is 11.9. The van der Waals surface area contributed by atoms with Gasteiger partial charge in [0, 0.05) is 5.70 Å². The van der Waals surface area contributed by atoms with Gasteiger partial charge in [0.05, 0.1) is 7.11 Å². The molecule has 4 rings (SSSR count). The molecule has 0 aliphatic carbocycles. The largest absolute Gasteiger partial charge is 0.497 e. The van der Waals surface area contributed by atoms with Crippen LogP contribution in [-0.2, 0) is 0 Å². The van der Waals surface area contributed by atoms with Crippen LogP contribution in [0.1, 0.15) is 17.2 Å². The Morgan fingerprint density at radius 2 is 2.09 bits per heavy atom. The van der Waals surface area contributed by atoms with E-state index in [1.165, 1.54) is 5.56 Å². The molecule has 0 saturated carbocycles. The van der Waals surface area contributed by atoms with Gasteiger partial charge in [0.2, 0.25) is 5.95 Å². The highest BCUT2D eigenvalue weighted by Gasteiger charge is 2.23. The van der Waals surface area contributed by atoms with E-state index in [0.717, 1.165) is 23.0 Å². The number of fused-ring (bicyclic) bond motifs is 1. The maximum atomic E-state index is 5.22. The predicted octanol–water partition coefficient (Wildman–Crippen LogP) is 3.40. The second-order valence-corrected chi connectivity index (χ2v) is 5.74. The van der Waals surface area contributed by atoms with Gasteiger partial charge >= 0.3 is 0 Å². The number of nitrogens with one attached hydrogen (secondary N) is 1. The van der Waals surface area contributed by atoms with Crippen LogP contribution in [0.5, 0.6) is 5.75 Å². The third-order valence-corrected chi connectivity index (χ3v) is 4.39. The molecule has 1 N–H and O–H groups in total. The number of hydrogen-bond donors (Lipinski definition) is 1. The van der Waals surface area contributed by atoms with Gasteiger partial charge < -0.3 is 10.1 Å². The fourth-order valence-electron chi connectivity index (χ4n) is 2.55. The Labute approximate surface area is 131 Å². The topological polar surface area (TPSA) is 52.0 Å². The van der Waals surface area contributed by atoms with Gasteiger partial charge in [0.25, 0.3) is 0 Å². The van der Waals surface area contributed by atoms with Gasteiger partial charge in [-0.25, -0.2) is 4.68 Å². The Bertz CT molecular complexity index is 805.